The van der Waals surface area contributed by atoms with Gasteiger partial charge in [0.05, 0.1) is 0 Å². The molecule has 0 fully saturated rings. The van der Waals surface area contributed by atoms with E-state index >= 15 is 0 Å². The Morgan fingerprint density at radius 2 is 0.341 bits per heavy atom. The summed E-state index contributed by atoms with van der Waals surface area (Å²) in [6.07, 6.45) is 53.8. The molecule has 0 unspecified atom stereocenters. The van der Waals surface area contributed by atoms with Crippen LogP contribution in [-0.4, -0.2) is 18.4 Å². The van der Waals surface area contributed by atoms with Gasteiger partial charge in [-0.05, 0) is 0 Å². The second-order valence-corrected chi connectivity index (χ2v) is 30.3. The Morgan fingerprint density at radius 1 is 0.205 bits per heavy atom. The first kappa shape index (κ1) is 44.8. The van der Waals surface area contributed by atoms with Crippen molar-refractivity contribution in [3.05, 3.63) is 0 Å². The van der Waals surface area contributed by atoms with Crippen molar-refractivity contribution in [3.8, 4) is 0 Å². The zero-order valence-corrected chi connectivity index (χ0v) is 34.9. The van der Waals surface area contributed by atoms with E-state index in [1.54, 1.807) is 51.8 Å². The molecular formula is C43H90Sn. The van der Waals surface area contributed by atoms with Crippen LogP contribution in [0.4, 0.5) is 0 Å². The Morgan fingerprint density at radius 3 is 0.500 bits per heavy atom. The van der Waals surface area contributed by atoms with Crippen molar-refractivity contribution in [1.82, 2.24) is 0 Å². The van der Waals surface area contributed by atoms with Crippen LogP contribution < -0.4 is 0 Å². The van der Waals surface area contributed by atoms with Gasteiger partial charge in [0.1, 0.15) is 0 Å². The molecule has 0 bridgehead atoms. The number of unbranched alkanes of at least 4 members (excludes halogenated alkanes) is 33. The van der Waals surface area contributed by atoms with E-state index in [9.17, 15) is 0 Å². The van der Waals surface area contributed by atoms with Crippen LogP contribution in [-0.2, 0) is 0 Å². The fourth-order valence-corrected chi connectivity index (χ4v) is 19.1. The molecule has 0 aliphatic rings. The first-order chi connectivity index (χ1) is 21.7. The molecule has 0 amide bonds. The smallest absolute Gasteiger partial charge is 0.0654 e. The van der Waals surface area contributed by atoms with Crippen LogP contribution in [0.1, 0.15) is 252 Å². The zero-order valence-electron chi connectivity index (χ0n) is 32.1. The van der Waals surface area contributed by atoms with E-state index in [1.165, 1.54) is 193 Å². The molecule has 0 aliphatic heterocycles. The van der Waals surface area contributed by atoms with Gasteiger partial charge in [0.2, 0.25) is 0 Å². The van der Waals surface area contributed by atoms with Gasteiger partial charge in [-0.3, -0.25) is 0 Å². The Bertz CT molecular complexity index is 430. The van der Waals surface area contributed by atoms with Gasteiger partial charge >= 0.3 is 249 Å². The van der Waals surface area contributed by atoms with Gasteiger partial charge in [-0.1, -0.05) is 40.0 Å². The summed E-state index contributed by atoms with van der Waals surface area (Å²) in [6.45, 7) is 6.97. The molecule has 1 heteroatoms. The molecular weight excluding hydrogens is 635 g/mol. The van der Waals surface area contributed by atoms with Crippen molar-refractivity contribution in [2.24, 2.45) is 0 Å². The van der Waals surface area contributed by atoms with E-state index in [-0.39, 0.29) is 0 Å². The molecule has 0 aromatic heterocycles. The van der Waals surface area contributed by atoms with Crippen molar-refractivity contribution in [2.75, 3.05) is 0 Å². The molecule has 0 rings (SSSR count). The standard InChI is InChI=1S/3C14H29.CH3.Sn/c3*1-3-5-7-9-11-13-14-12-10-8-6-4-2;;/h3*1,3-14H2,2H3;1H3;. The van der Waals surface area contributed by atoms with Crippen LogP contribution in [0.25, 0.3) is 0 Å². The van der Waals surface area contributed by atoms with Gasteiger partial charge in [-0.15, -0.1) is 0 Å². The summed E-state index contributed by atoms with van der Waals surface area (Å²) in [5.41, 5.74) is 0. The van der Waals surface area contributed by atoms with E-state index in [1.807, 2.05) is 0 Å². The maximum absolute atomic E-state index is 2.89. The van der Waals surface area contributed by atoms with Crippen molar-refractivity contribution < 1.29 is 0 Å². The molecule has 0 nitrogen and oxygen atoms in total. The molecule has 0 aromatic carbocycles. The van der Waals surface area contributed by atoms with Gasteiger partial charge in [0, 0.05) is 0 Å². The third-order valence-corrected chi connectivity index (χ3v) is 24.3. The molecule has 44 heavy (non-hydrogen) atoms. The molecule has 0 saturated carbocycles. The van der Waals surface area contributed by atoms with Gasteiger partial charge in [-0.25, -0.2) is 0 Å². The third-order valence-electron chi connectivity index (χ3n) is 10.9. The minimum Gasteiger partial charge on any atom is -0.0654 e. The predicted octanol–water partition coefficient (Wildman–Crippen LogP) is 17.2. The minimum absolute atomic E-state index is 1.38. The fraction of sp³-hybridized carbons (Fsp3) is 1.00. The Balaban J connectivity index is 4.06. The van der Waals surface area contributed by atoms with Crippen LogP contribution in [0.5, 0.6) is 0 Å². The van der Waals surface area contributed by atoms with E-state index in [0.717, 1.165) is 0 Å². The van der Waals surface area contributed by atoms with Crippen molar-refractivity contribution in [1.29, 1.82) is 0 Å². The van der Waals surface area contributed by atoms with Crippen LogP contribution in [0.3, 0.4) is 0 Å². The minimum atomic E-state index is -1.89. The Labute approximate surface area is 287 Å². The summed E-state index contributed by atoms with van der Waals surface area (Å²) in [6, 6.07) is 0. The number of hydrogen-bond acceptors (Lipinski definition) is 0. The second kappa shape index (κ2) is 38.2. The summed E-state index contributed by atoms with van der Waals surface area (Å²) in [5, 5.41) is 0. The molecule has 0 aromatic rings. The zero-order chi connectivity index (χ0) is 32.1. The molecule has 0 saturated heterocycles. The summed E-state index contributed by atoms with van der Waals surface area (Å²) < 4.78 is 5.13. The topological polar surface area (TPSA) is 0 Å². The molecule has 0 aliphatic carbocycles. The molecule has 0 spiro atoms. The molecule has 266 valence electrons. The maximum atomic E-state index is 2.89. The average molecular weight is 726 g/mol. The van der Waals surface area contributed by atoms with E-state index in [0.29, 0.717) is 0 Å². The summed E-state index contributed by atoms with van der Waals surface area (Å²) in [5.74, 6) is 0. The van der Waals surface area contributed by atoms with Crippen LogP contribution in [0.15, 0.2) is 0 Å². The predicted molar refractivity (Wildman–Crippen MR) is 209 cm³/mol. The SMILES string of the molecule is CCCCCCCCCCCCC[CH2][Sn]([CH3])([CH2]CCCCCCCCCCCCC)[CH2]CCCCCCCCCCCCC. The molecule has 0 heterocycles. The van der Waals surface area contributed by atoms with Crippen molar-refractivity contribution in [2.45, 2.75) is 270 Å². The average Bonchev–Trinajstić information content (AvgIpc) is 3.02. The van der Waals surface area contributed by atoms with Crippen molar-refractivity contribution >= 4 is 18.4 Å². The molecule has 0 atom stereocenters. The molecule has 0 N–H and O–H groups in total. The first-order valence-electron chi connectivity index (χ1n) is 21.7. The van der Waals surface area contributed by atoms with Crippen LogP contribution in [0, 0.1) is 0 Å². The summed E-state index contributed by atoms with van der Waals surface area (Å²) in [7, 11) is 0. The molecule has 0 radical (unpaired) electrons. The quantitative estimate of drug-likeness (QED) is 0.0437. The fourth-order valence-electron chi connectivity index (χ4n) is 7.55. The number of hydrogen-bond donors (Lipinski definition) is 0. The second-order valence-electron chi connectivity index (χ2n) is 15.7. The summed E-state index contributed by atoms with van der Waals surface area (Å²) >= 11 is -1.89. The van der Waals surface area contributed by atoms with Crippen molar-refractivity contribution in [3.63, 3.8) is 0 Å². The first-order valence-corrected chi connectivity index (χ1v) is 30.6. The van der Waals surface area contributed by atoms with E-state index in [2.05, 4.69) is 25.7 Å². The number of rotatable bonds is 39. The summed E-state index contributed by atoms with van der Waals surface area (Å²) in [4.78, 5) is 2.89. The normalized spacial score (nSPS) is 12.0. The van der Waals surface area contributed by atoms with Gasteiger partial charge in [0.25, 0.3) is 0 Å². The van der Waals surface area contributed by atoms with Crippen LogP contribution in [0.2, 0.25) is 18.2 Å². The van der Waals surface area contributed by atoms with E-state index in [4.69, 9.17) is 0 Å². The van der Waals surface area contributed by atoms with Gasteiger partial charge < -0.3 is 0 Å². The Hall–Kier alpha value is 0.799. The van der Waals surface area contributed by atoms with Crippen LogP contribution >= 0.6 is 0 Å². The van der Waals surface area contributed by atoms with E-state index < -0.39 is 18.4 Å². The van der Waals surface area contributed by atoms with Gasteiger partial charge in [0.15, 0.2) is 0 Å². The third kappa shape index (κ3) is 35.6. The monoisotopic (exact) mass is 727 g/mol. The van der Waals surface area contributed by atoms with Gasteiger partial charge in [-0.2, -0.15) is 0 Å². The Kier molecular flexibility index (Phi) is 38.9.